The number of rotatable bonds is 5. The van der Waals surface area contributed by atoms with Gasteiger partial charge in [0.05, 0.1) is 11.1 Å². The molecule has 0 unspecified atom stereocenters. The van der Waals surface area contributed by atoms with Crippen molar-refractivity contribution in [2.75, 3.05) is 11.9 Å². The van der Waals surface area contributed by atoms with Crippen LogP contribution in [0, 0.1) is 9.49 Å². The third kappa shape index (κ3) is 5.85. The molecular formula is C23H20Cl2F3IN4O. The van der Waals surface area contributed by atoms with Crippen molar-refractivity contribution in [2.45, 2.75) is 37.9 Å². The first-order valence-corrected chi connectivity index (χ1v) is 12.5. The summed E-state index contributed by atoms with van der Waals surface area (Å²) in [6.45, 7) is 0.510. The number of hydrogen-bond acceptors (Lipinski definition) is 4. The number of benzene rings is 1. The topological polar surface area (TPSA) is 66.9 Å². The maximum absolute atomic E-state index is 13.3. The average Bonchev–Trinajstić information content (AvgIpc) is 2.77. The van der Waals surface area contributed by atoms with Gasteiger partial charge in [-0.1, -0.05) is 23.2 Å². The van der Waals surface area contributed by atoms with Gasteiger partial charge in [0.2, 0.25) is 0 Å². The number of nitrogens with one attached hydrogen (secondary N) is 2. The average molecular weight is 623 g/mol. The lowest BCUT2D eigenvalue weighted by Crippen LogP contribution is -2.39. The lowest BCUT2D eigenvalue weighted by atomic mass is 9.86. The molecule has 3 aromatic rings. The molecular weight excluding hydrogens is 603 g/mol. The number of fused-ring (bicyclic) bond motifs is 1. The van der Waals surface area contributed by atoms with Crippen molar-refractivity contribution in [3.63, 3.8) is 0 Å². The highest BCUT2D eigenvalue weighted by Crippen LogP contribution is 2.35. The molecule has 2 heterocycles. The van der Waals surface area contributed by atoms with Crippen molar-refractivity contribution in [1.82, 2.24) is 15.3 Å². The van der Waals surface area contributed by atoms with Crippen LogP contribution in [0.2, 0.25) is 10.2 Å². The second-order valence-corrected chi connectivity index (χ2v) is 10.2. The summed E-state index contributed by atoms with van der Waals surface area (Å²) in [6, 6.07) is 7.39. The monoisotopic (exact) mass is 622 g/mol. The van der Waals surface area contributed by atoms with Crippen LogP contribution in [0.1, 0.15) is 41.7 Å². The maximum atomic E-state index is 13.3. The minimum absolute atomic E-state index is 0.00761. The van der Waals surface area contributed by atoms with E-state index in [0.717, 1.165) is 35.3 Å². The van der Waals surface area contributed by atoms with Gasteiger partial charge in [0.25, 0.3) is 5.91 Å². The van der Waals surface area contributed by atoms with Crippen molar-refractivity contribution in [3.8, 4) is 0 Å². The van der Waals surface area contributed by atoms with Gasteiger partial charge in [-0.3, -0.25) is 4.79 Å². The minimum atomic E-state index is -4.55. The molecule has 0 atom stereocenters. The number of hydrogen-bond donors (Lipinski definition) is 2. The highest BCUT2D eigenvalue weighted by Gasteiger charge is 2.33. The zero-order chi connectivity index (χ0) is 24.5. The van der Waals surface area contributed by atoms with E-state index in [-0.39, 0.29) is 28.5 Å². The van der Waals surface area contributed by atoms with Crippen molar-refractivity contribution >= 4 is 68.3 Å². The van der Waals surface area contributed by atoms with E-state index in [1.165, 1.54) is 12.1 Å². The summed E-state index contributed by atoms with van der Waals surface area (Å²) in [4.78, 5) is 20.4. The zero-order valence-electron chi connectivity index (χ0n) is 17.7. The van der Waals surface area contributed by atoms with Crippen LogP contribution in [0.25, 0.3) is 10.9 Å². The molecule has 1 amide bonds. The Bertz CT molecular complexity index is 1200. The van der Waals surface area contributed by atoms with Crippen LogP contribution in [0.4, 0.5) is 18.9 Å². The fourth-order valence-electron chi connectivity index (χ4n) is 4.13. The number of pyridine rings is 2. The first-order valence-electron chi connectivity index (χ1n) is 10.6. The number of halogens is 6. The summed E-state index contributed by atoms with van der Waals surface area (Å²) in [5.41, 5.74) is 0.0186. The van der Waals surface area contributed by atoms with Gasteiger partial charge in [0.15, 0.2) is 0 Å². The van der Waals surface area contributed by atoms with Gasteiger partial charge in [-0.15, -0.1) is 0 Å². The van der Waals surface area contributed by atoms with E-state index in [0.29, 0.717) is 28.2 Å². The Morgan fingerprint density at radius 1 is 1.12 bits per heavy atom. The first kappa shape index (κ1) is 25.2. The number of amides is 1. The second kappa shape index (κ2) is 10.4. The van der Waals surface area contributed by atoms with E-state index in [9.17, 15) is 18.0 Å². The summed E-state index contributed by atoms with van der Waals surface area (Å²) in [5, 5.41) is 7.35. The molecule has 2 aromatic heterocycles. The Kier molecular flexibility index (Phi) is 7.73. The molecule has 2 N–H and O–H groups in total. The molecule has 1 aliphatic rings. The van der Waals surface area contributed by atoms with E-state index in [1.54, 1.807) is 18.3 Å². The fourth-order valence-corrected chi connectivity index (χ4v) is 5.37. The van der Waals surface area contributed by atoms with E-state index < -0.39 is 11.9 Å². The summed E-state index contributed by atoms with van der Waals surface area (Å²) >= 11 is 14.2. The summed E-state index contributed by atoms with van der Waals surface area (Å²) in [5.74, 6) is 0.0101. The molecule has 4 rings (SSSR count). The van der Waals surface area contributed by atoms with Crippen molar-refractivity contribution in [2.24, 2.45) is 5.92 Å². The van der Waals surface area contributed by atoms with E-state index in [1.807, 2.05) is 0 Å². The molecule has 0 saturated heterocycles. The van der Waals surface area contributed by atoms with Gasteiger partial charge >= 0.3 is 6.18 Å². The highest BCUT2D eigenvalue weighted by atomic mass is 127. The number of anilines is 1. The second-order valence-electron chi connectivity index (χ2n) is 8.24. The molecule has 1 saturated carbocycles. The predicted molar refractivity (Wildman–Crippen MR) is 135 cm³/mol. The SMILES string of the molecule is O=C(N[C@H]1CC[C@@H](CNc2cc(C(F)(F)F)nc3ccc(Cl)cc23)CC1)c1c(I)ccnc1Cl. The van der Waals surface area contributed by atoms with Gasteiger partial charge in [-0.25, -0.2) is 9.97 Å². The summed E-state index contributed by atoms with van der Waals surface area (Å²) < 4.78 is 40.7. The lowest BCUT2D eigenvalue weighted by Gasteiger charge is -2.29. The Balaban J connectivity index is 1.39. The van der Waals surface area contributed by atoms with Crippen LogP contribution >= 0.6 is 45.8 Å². The minimum Gasteiger partial charge on any atom is -0.384 e. The van der Waals surface area contributed by atoms with Crippen LogP contribution in [0.5, 0.6) is 0 Å². The fraction of sp³-hybridized carbons (Fsp3) is 0.348. The molecule has 0 aliphatic heterocycles. The Labute approximate surface area is 218 Å². The molecule has 0 radical (unpaired) electrons. The van der Waals surface area contributed by atoms with Crippen molar-refractivity contribution < 1.29 is 18.0 Å². The Morgan fingerprint density at radius 3 is 2.53 bits per heavy atom. The summed E-state index contributed by atoms with van der Waals surface area (Å²) in [6.07, 6.45) is 0.191. The molecule has 1 aromatic carbocycles. The van der Waals surface area contributed by atoms with Crippen LogP contribution in [-0.2, 0) is 6.18 Å². The largest absolute Gasteiger partial charge is 0.433 e. The van der Waals surface area contributed by atoms with Crippen LogP contribution in [0.3, 0.4) is 0 Å². The third-order valence-corrected chi connectivity index (χ3v) is 7.33. The van der Waals surface area contributed by atoms with E-state index >= 15 is 0 Å². The first-order chi connectivity index (χ1) is 16.1. The van der Waals surface area contributed by atoms with Gasteiger partial charge in [-0.05, 0) is 84.5 Å². The van der Waals surface area contributed by atoms with E-state index in [4.69, 9.17) is 23.2 Å². The van der Waals surface area contributed by atoms with Gasteiger partial charge in [0, 0.05) is 38.4 Å². The van der Waals surface area contributed by atoms with Gasteiger partial charge in [-0.2, -0.15) is 13.2 Å². The lowest BCUT2D eigenvalue weighted by molar-refractivity contribution is -0.140. The van der Waals surface area contributed by atoms with Crippen molar-refractivity contribution in [3.05, 3.63) is 61.5 Å². The third-order valence-electron chi connectivity index (χ3n) is 5.91. The molecule has 180 valence electrons. The number of alkyl halides is 3. The molecule has 0 spiro atoms. The molecule has 11 heteroatoms. The van der Waals surface area contributed by atoms with Gasteiger partial charge in [0.1, 0.15) is 10.8 Å². The molecule has 34 heavy (non-hydrogen) atoms. The maximum Gasteiger partial charge on any atom is 0.433 e. The number of carbonyl (C=O) groups is 1. The van der Waals surface area contributed by atoms with Crippen LogP contribution < -0.4 is 10.6 Å². The Hall–Kier alpha value is -1.85. The van der Waals surface area contributed by atoms with Crippen LogP contribution in [0.15, 0.2) is 36.5 Å². The highest BCUT2D eigenvalue weighted by molar-refractivity contribution is 14.1. The standard InChI is InChI=1S/C23H20Cl2F3IN4O/c24-13-3-6-17-15(9-13)18(10-19(33-17)23(26,27)28)31-11-12-1-4-14(5-2-12)32-22(34)20-16(29)7-8-30-21(20)25/h3,6-10,12,14H,1-2,4-5,11H2,(H,31,33)(H,32,34)/t12-,14+. The van der Waals surface area contributed by atoms with Crippen LogP contribution in [-0.4, -0.2) is 28.5 Å². The molecule has 1 fully saturated rings. The van der Waals surface area contributed by atoms with Gasteiger partial charge < -0.3 is 10.6 Å². The molecule has 0 bridgehead atoms. The zero-order valence-corrected chi connectivity index (χ0v) is 21.4. The molecule has 5 nitrogen and oxygen atoms in total. The number of carbonyl (C=O) groups excluding carboxylic acids is 1. The smallest absolute Gasteiger partial charge is 0.384 e. The number of nitrogens with zero attached hydrogens (tertiary/aromatic N) is 2. The normalized spacial score (nSPS) is 18.6. The van der Waals surface area contributed by atoms with Crippen molar-refractivity contribution in [1.29, 1.82) is 0 Å². The number of aromatic nitrogens is 2. The van der Waals surface area contributed by atoms with E-state index in [2.05, 4.69) is 43.2 Å². The Morgan fingerprint density at radius 2 is 1.85 bits per heavy atom. The quantitative estimate of drug-likeness (QED) is 0.238. The molecule has 1 aliphatic carbocycles. The predicted octanol–water partition coefficient (Wildman–Crippen LogP) is 6.96. The summed E-state index contributed by atoms with van der Waals surface area (Å²) in [7, 11) is 0.